The lowest BCUT2D eigenvalue weighted by molar-refractivity contribution is -0.114. The Balaban J connectivity index is 2.40. The zero-order valence-corrected chi connectivity index (χ0v) is 12.5. The molecule has 1 amide bonds. The van der Waals surface area contributed by atoms with Crippen LogP contribution in [-0.2, 0) is 14.9 Å². The van der Waals surface area contributed by atoms with Crippen molar-refractivity contribution in [2.45, 2.75) is 25.7 Å². The quantitative estimate of drug-likeness (QED) is 0.867. The minimum Gasteiger partial charge on any atom is -0.377 e. The van der Waals surface area contributed by atoms with E-state index in [0.717, 1.165) is 0 Å². The fourth-order valence-electron chi connectivity index (χ4n) is 1.82. The van der Waals surface area contributed by atoms with Gasteiger partial charge in [0.2, 0.25) is 5.91 Å². The zero-order valence-electron chi connectivity index (χ0n) is 11.7. The van der Waals surface area contributed by atoms with Crippen molar-refractivity contribution >= 4 is 21.7 Å². The van der Waals surface area contributed by atoms with Crippen molar-refractivity contribution in [3.63, 3.8) is 0 Å². The van der Waals surface area contributed by atoms with E-state index in [9.17, 15) is 13.2 Å². The van der Waals surface area contributed by atoms with E-state index in [1.807, 2.05) is 0 Å². The number of carbonyl (C=O) groups excluding carboxylic acids is 1. The normalized spacial score (nSPS) is 11.2. The first-order valence-corrected chi connectivity index (χ1v) is 7.46. The van der Waals surface area contributed by atoms with E-state index >= 15 is 0 Å². The molecule has 0 bridgehead atoms. The summed E-state index contributed by atoms with van der Waals surface area (Å²) in [5.74, 6) is -0.169. The lowest BCUT2D eigenvalue weighted by Gasteiger charge is -2.11. The highest BCUT2D eigenvalue weighted by molar-refractivity contribution is 7.87. The monoisotopic (exact) mass is 310 g/mol. The molecule has 0 atom stereocenters. The number of aromatic nitrogens is 1. The number of nitrogens with zero attached hydrogens (tertiary/aromatic N) is 1. The van der Waals surface area contributed by atoms with Crippen LogP contribution in [0.2, 0.25) is 0 Å². The maximum atomic E-state index is 12.3. The van der Waals surface area contributed by atoms with Gasteiger partial charge in [-0.05, 0) is 26.0 Å². The number of carbonyl (C=O) groups is 1. The lowest BCUT2D eigenvalue weighted by atomic mass is 10.3. The van der Waals surface area contributed by atoms with Gasteiger partial charge in [0.1, 0.15) is 5.69 Å². The molecule has 0 radical (unpaired) electrons. The van der Waals surface area contributed by atoms with Gasteiger partial charge < -0.3 is 14.0 Å². The van der Waals surface area contributed by atoms with Crippen molar-refractivity contribution in [1.82, 2.24) is 5.16 Å². The number of rotatable bonds is 4. The van der Waals surface area contributed by atoms with E-state index in [1.165, 1.54) is 26.8 Å². The minimum absolute atomic E-state index is 0.0210. The minimum atomic E-state index is -4.10. The van der Waals surface area contributed by atoms with E-state index in [1.54, 1.807) is 18.2 Å². The summed E-state index contributed by atoms with van der Waals surface area (Å²) in [6.07, 6.45) is 0. The Morgan fingerprint density at radius 1 is 1.29 bits per heavy atom. The predicted molar refractivity (Wildman–Crippen MR) is 74.5 cm³/mol. The molecule has 8 heteroatoms. The first-order chi connectivity index (χ1) is 9.81. The molecule has 112 valence electrons. The third-order valence-electron chi connectivity index (χ3n) is 2.62. The molecule has 0 fully saturated rings. The molecule has 0 aliphatic carbocycles. The van der Waals surface area contributed by atoms with Crippen molar-refractivity contribution < 1.29 is 21.9 Å². The smallest absolute Gasteiger partial charge is 0.344 e. The van der Waals surface area contributed by atoms with E-state index < -0.39 is 10.1 Å². The summed E-state index contributed by atoms with van der Waals surface area (Å²) < 4.78 is 34.5. The van der Waals surface area contributed by atoms with Crippen LogP contribution in [0.15, 0.2) is 33.7 Å². The number of hydrogen-bond acceptors (Lipinski definition) is 6. The van der Waals surface area contributed by atoms with Gasteiger partial charge >= 0.3 is 10.1 Å². The third-order valence-corrected chi connectivity index (χ3v) is 4.10. The van der Waals surface area contributed by atoms with Crippen LogP contribution in [0.1, 0.15) is 18.4 Å². The topological polar surface area (TPSA) is 98.5 Å². The highest BCUT2D eigenvalue weighted by atomic mass is 32.2. The molecule has 0 aliphatic rings. The Hall–Kier alpha value is -2.35. The van der Waals surface area contributed by atoms with Gasteiger partial charge in [0, 0.05) is 6.92 Å². The van der Waals surface area contributed by atoms with Crippen molar-refractivity contribution in [2.24, 2.45) is 0 Å². The van der Waals surface area contributed by atoms with Gasteiger partial charge in [-0.3, -0.25) is 4.79 Å². The maximum Gasteiger partial charge on any atom is 0.344 e. The summed E-state index contributed by atoms with van der Waals surface area (Å²) >= 11 is 0. The van der Waals surface area contributed by atoms with Crippen LogP contribution in [0.4, 0.5) is 5.69 Å². The highest BCUT2D eigenvalue weighted by Crippen LogP contribution is 2.29. The molecule has 0 saturated heterocycles. The van der Waals surface area contributed by atoms with E-state index in [0.29, 0.717) is 0 Å². The summed E-state index contributed by atoms with van der Waals surface area (Å²) in [6.45, 7) is 4.31. The summed E-state index contributed by atoms with van der Waals surface area (Å²) in [5, 5.41) is 6.09. The van der Waals surface area contributed by atoms with E-state index in [4.69, 9.17) is 8.71 Å². The molecule has 2 rings (SSSR count). The fourth-order valence-corrected chi connectivity index (χ4v) is 3.08. The molecule has 1 aromatic heterocycles. The van der Waals surface area contributed by atoms with Crippen molar-refractivity contribution in [3.8, 4) is 5.75 Å². The van der Waals surface area contributed by atoms with Gasteiger partial charge in [0.05, 0.1) is 5.69 Å². The lowest BCUT2D eigenvalue weighted by Crippen LogP contribution is -2.14. The predicted octanol–water partition coefficient (Wildman–Crippen LogP) is 2.02. The molecule has 0 saturated carbocycles. The van der Waals surface area contributed by atoms with Gasteiger partial charge in [-0.2, -0.15) is 8.42 Å². The average molecular weight is 310 g/mol. The van der Waals surface area contributed by atoms with Gasteiger partial charge in [0.15, 0.2) is 16.4 Å². The van der Waals surface area contributed by atoms with Crippen LogP contribution in [0, 0.1) is 13.8 Å². The van der Waals surface area contributed by atoms with Crippen LogP contribution < -0.4 is 9.50 Å². The van der Waals surface area contributed by atoms with Gasteiger partial charge in [-0.25, -0.2) is 0 Å². The SMILES string of the molecule is CC(=O)Nc1ccccc1OS(=O)(=O)c1c(C)noc1C. The summed E-state index contributed by atoms with van der Waals surface area (Å²) in [5.41, 5.74) is 0.477. The summed E-state index contributed by atoms with van der Waals surface area (Å²) in [7, 11) is -4.10. The molecule has 0 spiro atoms. The standard InChI is InChI=1S/C13H14N2O5S/c1-8-13(9(2)19-15-8)21(17,18)20-12-7-5-4-6-11(12)14-10(3)16/h4-7H,1-3H3,(H,14,16). The van der Waals surface area contributed by atoms with Gasteiger partial charge in [-0.15, -0.1) is 0 Å². The number of aryl methyl sites for hydroxylation is 2. The molecule has 0 unspecified atom stereocenters. The number of anilines is 1. The van der Waals surface area contributed by atoms with Gasteiger partial charge in [-0.1, -0.05) is 17.3 Å². The zero-order chi connectivity index (χ0) is 15.6. The molecule has 1 heterocycles. The van der Waals surface area contributed by atoms with Crippen molar-refractivity contribution in [2.75, 3.05) is 5.32 Å². The summed E-state index contributed by atoms with van der Waals surface area (Å²) in [6, 6.07) is 6.24. The third kappa shape index (κ3) is 3.22. The van der Waals surface area contributed by atoms with Crippen molar-refractivity contribution in [1.29, 1.82) is 0 Å². The largest absolute Gasteiger partial charge is 0.377 e. The van der Waals surface area contributed by atoms with Crippen LogP contribution >= 0.6 is 0 Å². The first kappa shape index (κ1) is 15.0. The molecule has 1 aromatic carbocycles. The van der Waals surface area contributed by atoms with E-state index in [-0.39, 0.29) is 33.7 Å². The number of hydrogen-bond donors (Lipinski definition) is 1. The second-order valence-corrected chi connectivity index (χ2v) is 5.85. The molecule has 2 aromatic rings. The molecule has 1 N–H and O–H groups in total. The molecule has 21 heavy (non-hydrogen) atoms. The second kappa shape index (κ2) is 5.57. The molecular weight excluding hydrogens is 296 g/mol. The Morgan fingerprint density at radius 3 is 2.52 bits per heavy atom. The highest BCUT2D eigenvalue weighted by Gasteiger charge is 2.27. The van der Waals surface area contributed by atoms with E-state index in [2.05, 4.69) is 10.5 Å². The second-order valence-electron chi connectivity index (χ2n) is 4.37. The Bertz CT molecular complexity index is 760. The number of amides is 1. The first-order valence-electron chi connectivity index (χ1n) is 6.05. The molecule has 0 aliphatic heterocycles. The Kier molecular flexibility index (Phi) is 3.99. The molecule has 7 nitrogen and oxygen atoms in total. The number of benzene rings is 1. The maximum absolute atomic E-state index is 12.3. The Morgan fingerprint density at radius 2 is 1.95 bits per heavy atom. The van der Waals surface area contributed by atoms with Crippen LogP contribution in [0.25, 0.3) is 0 Å². The van der Waals surface area contributed by atoms with Crippen molar-refractivity contribution in [3.05, 3.63) is 35.7 Å². The molecular formula is C13H14N2O5S. The van der Waals surface area contributed by atoms with Gasteiger partial charge in [0.25, 0.3) is 0 Å². The number of para-hydroxylation sites is 2. The summed E-state index contributed by atoms with van der Waals surface area (Å²) in [4.78, 5) is 11.0. The fraction of sp³-hybridized carbons (Fsp3) is 0.231. The number of nitrogens with one attached hydrogen (secondary N) is 1. The average Bonchev–Trinajstić information content (AvgIpc) is 2.71. The van der Waals surface area contributed by atoms with Crippen LogP contribution in [0.5, 0.6) is 5.75 Å². The van der Waals surface area contributed by atoms with Crippen LogP contribution in [-0.4, -0.2) is 19.5 Å². The Labute approximate surface area is 122 Å². The van der Waals surface area contributed by atoms with Crippen LogP contribution in [0.3, 0.4) is 0 Å².